The molecular weight excluding hydrogens is 484 g/mol. The molecule has 2 fully saturated rings. The number of esters is 1. The average Bonchev–Trinajstić information content (AvgIpc) is 3.38. The summed E-state index contributed by atoms with van der Waals surface area (Å²) in [6.45, 7) is 2.73. The number of aliphatic hydroxyl groups excluding tert-OH is 3. The van der Waals surface area contributed by atoms with Gasteiger partial charge in [-0.3, -0.25) is 14.4 Å². The normalized spacial score (nSPS) is 27.5. The van der Waals surface area contributed by atoms with E-state index in [1.165, 1.54) is 38.1 Å². The summed E-state index contributed by atoms with van der Waals surface area (Å²) in [6.07, 6.45) is -3.49. The van der Waals surface area contributed by atoms with Crippen molar-refractivity contribution in [1.82, 2.24) is 0 Å². The lowest BCUT2D eigenvalue weighted by Gasteiger charge is -2.39. The molecule has 1 aliphatic heterocycles. The summed E-state index contributed by atoms with van der Waals surface area (Å²) in [7, 11) is 0. The van der Waals surface area contributed by atoms with Crippen LogP contribution >= 0.6 is 0 Å². The monoisotopic (exact) mass is 512 g/mol. The third kappa shape index (κ3) is 4.29. The molecule has 2 aromatic carbocycles. The molecule has 196 valence electrons. The van der Waals surface area contributed by atoms with E-state index >= 15 is 0 Å². The predicted molar refractivity (Wildman–Crippen MR) is 127 cm³/mol. The number of hydrogen-bond acceptors (Lipinski definition) is 10. The third-order valence-electron chi connectivity index (χ3n) is 7.33. The molecule has 1 saturated heterocycles. The van der Waals surface area contributed by atoms with Gasteiger partial charge in [0.2, 0.25) is 6.29 Å². The maximum atomic E-state index is 13.5. The van der Waals surface area contributed by atoms with Crippen LogP contribution in [0.3, 0.4) is 0 Å². The summed E-state index contributed by atoms with van der Waals surface area (Å²) in [5, 5.41) is 42.1. The first-order chi connectivity index (χ1) is 17.6. The van der Waals surface area contributed by atoms with Gasteiger partial charge in [-0.25, -0.2) is 0 Å². The van der Waals surface area contributed by atoms with Gasteiger partial charge in [0.05, 0.1) is 11.7 Å². The standard InChI is InChI=1S/C27H28O10/c1-11-21(29)25(33)26(34)27(35-11)37-18-10-17-20(24(32)19(18)13-5-3-4-6-13)23(31)15-8-7-14(36-12(2)28)9-16(15)22(17)30/h7-11,13,21,25-27,29,32-34H,3-6H2,1-2H3. The molecular formula is C27H28O10. The van der Waals surface area contributed by atoms with E-state index < -0.39 is 48.2 Å². The van der Waals surface area contributed by atoms with Gasteiger partial charge in [-0.05, 0) is 49.9 Å². The fourth-order valence-electron chi connectivity index (χ4n) is 5.43. The SMILES string of the molecule is CC(=O)Oc1ccc2c(c1)C(=O)c1cc(OC3OC(C)C(O)C(O)C3O)c(C3CCCC3)c(O)c1C2=O. The van der Waals surface area contributed by atoms with Gasteiger partial charge in [0.25, 0.3) is 0 Å². The van der Waals surface area contributed by atoms with E-state index in [0.717, 1.165) is 25.7 Å². The van der Waals surface area contributed by atoms with Gasteiger partial charge in [0.15, 0.2) is 11.6 Å². The summed E-state index contributed by atoms with van der Waals surface area (Å²) in [5.74, 6) is -2.11. The van der Waals surface area contributed by atoms with Crippen LogP contribution in [0.4, 0.5) is 0 Å². The minimum Gasteiger partial charge on any atom is -0.507 e. The van der Waals surface area contributed by atoms with Gasteiger partial charge >= 0.3 is 5.97 Å². The zero-order valence-corrected chi connectivity index (χ0v) is 20.3. The second-order valence-corrected chi connectivity index (χ2v) is 9.80. The number of phenols is 1. The van der Waals surface area contributed by atoms with Crippen molar-refractivity contribution in [3.8, 4) is 17.2 Å². The van der Waals surface area contributed by atoms with Gasteiger partial charge in [0.1, 0.15) is 35.6 Å². The Morgan fingerprint density at radius 1 is 0.946 bits per heavy atom. The molecule has 5 rings (SSSR count). The number of hydrogen-bond donors (Lipinski definition) is 4. The Morgan fingerprint density at radius 3 is 2.32 bits per heavy atom. The first-order valence-electron chi connectivity index (χ1n) is 12.3. The van der Waals surface area contributed by atoms with E-state index in [0.29, 0.717) is 5.56 Å². The molecule has 0 radical (unpaired) electrons. The lowest BCUT2D eigenvalue weighted by Crippen LogP contribution is -2.58. The summed E-state index contributed by atoms with van der Waals surface area (Å²) in [5.41, 5.74) is 0.177. The molecule has 2 aromatic rings. The molecule has 0 spiro atoms. The second kappa shape index (κ2) is 9.53. The Kier molecular flexibility index (Phi) is 6.53. The molecule has 2 aliphatic carbocycles. The van der Waals surface area contributed by atoms with Crippen molar-refractivity contribution in [2.75, 3.05) is 0 Å². The van der Waals surface area contributed by atoms with Crippen LogP contribution in [0.2, 0.25) is 0 Å². The summed E-state index contributed by atoms with van der Waals surface area (Å²) in [6, 6.07) is 5.44. The average molecular weight is 513 g/mol. The van der Waals surface area contributed by atoms with Crippen molar-refractivity contribution in [1.29, 1.82) is 0 Å². The first-order valence-corrected chi connectivity index (χ1v) is 12.3. The number of carbonyl (C=O) groups excluding carboxylic acids is 3. The minimum absolute atomic E-state index is 0.0105. The number of ether oxygens (including phenoxy) is 3. The fraction of sp³-hybridized carbons (Fsp3) is 0.444. The second-order valence-electron chi connectivity index (χ2n) is 9.80. The first kappa shape index (κ1) is 25.3. The van der Waals surface area contributed by atoms with Gasteiger partial charge in [-0.15, -0.1) is 0 Å². The zero-order valence-electron chi connectivity index (χ0n) is 20.3. The molecule has 5 unspecified atom stereocenters. The maximum Gasteiger partial charge on any atom is 0.308 e. The number of ketones is 2. The summed E-state index contributed by atoms with van der Waals surface area (Å²) in [4.78, 5) is 38.4. The number of rotatable bonds is 4. The highest BCUT2D eigenvalue weighted by Crippen LogP contribution is 2.48. The predicted octanol–water partition coefficient (Wildman–Crippen LogP) is 1.96. The van der Waals surface area contributed by atoms with Crippen LogP contribution in [0.1, 0.15) is 82.9 Å². The van der Waals surface area contributed by atoms with E-state index in [1.807, 2.05) is 0 Å². The highest BCUT2D eigenvalue weighted by atomic mass is 16.7. The van der Waals surface area contributed by atoms with Crippen molar-refractivity contribution in [2.24, 2.45) is 0 Å². The topological polar surface area (TPSA) is 160 Å². The third-order valence-corrected chi connectivity index (χ3v) is 7.33. The molecule has 1 saturated carbocycles. The number of phenolic OH excluding ortho intramolecular Hbond substituents is 1. The minimum atomic E-state index is -1.61. The van der Waals surface area contributed by atoms with Crippen LogP contribution < -0.4 is 9.47 Å². The summed E-state index contributed by atoms with van der Waals surface area (Å²) < 4.78 is 16.6. The van der Waals surface area contributed by atoms with Crippen molar-refractivity contribution in [3.63, 3.8) is 0 Å². The Morgan fingerprint density at radius 2 is 1.65 bits per heavy atom. The fourth-order valence-corrected chi connectivity index (χ4v) is 5.43. The smallest absolute Gasteiger partial charge is 0.308 e. The largest absolute Gasteiger partial charge is 0.507 e. The van der Waals surface area contributed by atoms with Crippen LogP contribution in [0.5, 0.6) is 17.2 Å². The van der Waals surface area contributed by atoms with Gasteiger partial charge in [-0.1, -0.05) is 12.8 Å². The van der Waals surface area contributed by atoms with Crippen LogP contribution in [0.15, 0.2) is 24.3 Å². The van der Waals surface area contributed by atoms with Crippen molar-refractivity contribution in [3.05, 3.63) is 52.1 Å². The van der Waals surface area contributed by atoms with E-state index in [4.69, 9.17) is 14.2 Å². The quantitative estimate of drug-likeness (QED) is 0.301. The molecule has 10 nitrogen and oxygen atoms in total. The lowest BCUT2D eigenvalue weighted by atomic mass is 9.80. The van der Waals surface area contributed by atoms with Crippen LogP contribution in [0.25, 0.3) is 0 Å². The highest BCUT2D eigenvalue weighted by Gasteiger charge is 2.44. The highest BCUT2D eigenvalue weighted by molar-refractivity contribution is 6.29. The summed E-state index contributed by atoms with van der Waals surface area (Å²) >= 11 is 0. The van der Waals surface area contributed by atoms with E-state index in [1.54, 1.807) is 0 Å². The molecule has 0 aromatic heterocycles. The number of aromatic hydroxyl groups is 1. The Bertz CT molecular complexity index is 1280. The Balaban J connectivity index is 1.61. The maximum absolute atomic E-state index is 13.5. The molecule has 4 N–H and O–H groups in total. The van der Waals surface area contributed by atoms with Crippen molar-refractivity contribution in [2.45, 2.75) is 76.2 Å². The zero-order chi connectivity index (χ0) is 26.6. The van der Waals surface area contributed by atoms with E-state index in [-0.39, 0.29) is 45.4 Å². The van der Waals surface area contributed by atoms with Gasteiger partial charge in [-0.2, -0.15) is 0 Å². The lowest BCUT2D eigenvalue weighted by molar-refractivity contribution is -0.268. The number of fused-ring (bicyclic) bond motifs is 2. The van der Waals surface area contributed by atoms with Gasteiger partial charge in [0, 0.05) is 29.2 Å². The number of benzene rings is 2. The molecule has 37 heavy (non-hydrogen) atoms. The number of aliphatic hydroxyl groups is 3. The Hall–Kier alpha value is -3.31. The molecule has 1 heterocycles. The van der Waals surface area contributed by atoms with Gasteiger partial charge < -0.3 is 34.6 Å². The van der Waals surface area contributed by atoms with Crippen LogP contribution in [-0.2, 0) is 9.53 Å². The molecule has 10 heteroatoms. The molecule has 3 aliphatic rings. The van der Waals surface area contributed by atoms with Crippen molar-refractivity contribution < 1.29 is 49.0 Å². The van der Waals surface area contributed by atoms with Crippen molar-refractivity contribution >= 4 is 17.5 Å². The molecule has 0 bridgehead atoms. The molecule has 5 atom stereocenters. The Labute approximate surface area is 212 Å². The number of carbonyl (C=O) groups is 3. The van der Waals surface area contributed by atoms with E-state index in [9.17, 15) is 34.8 Å². The van der Waals surface area contributed by atoms with Crippen LogP contribution in [0, 0.1) is 0 Å². The van der Waals surface area contributed by atoms with Crippen LogP contribution in [-0.4, -0.2) is 68.7 Å². The molecule has 0 amide bonds. The van der Waals surface area contributed by atoms with E-state index in [2.05, 4.69) is 0 Å².